The van der Waals surface area contributed by atoms with Crippen molar-refractivity contribution in [1.29, 1.82) is 0 Å². The summed E-state index contributed by atoms with van der Waals surface area (Å²) in [6.45, 7) is 10.6. The van der Waals surface area contributed by atoms with Crippen LogP contribution in [0.15, 0.2) is 48.7 Å². The first-order valence-corrected chi connectivity index (χ1v) is 9.76. The Kier molecular flexibility index (Phi) is 6.01. The molecule has 0 radical (unpaired) electrons. The molecule has 3 rings (SSSR count). The number of hydrogen-bond donors (Lipinski definition) is 1. The Morgan fingerprint density at radius 2 is 1.93 bits per heavy atom. The topological polar surface area (TPSA) is 69.0 Å². The number of pyridine rings is 1. The fraction of sp³-hybridized carbons (Fsp3) is 0.348. The smallest absolute Gasteiger partial charge is 0.228 e. The van der Waals surface area contributed by atoms with E-state index in [1.165, 1.54) is 5.56 Å². The molecule has 1 N–H and O–H groups in total. The van der Waals surface area contributed by atoms with Gasteiger partial charge in [-0.1, -0.05) is 39.0 Å². The number of nitrogens with one attached hydrogen (secondary N) is 1. The summed E-state index contributed by atoms with van der Waals surface area (Å²) in [5.74, 6) is 1.94. The molecule has 0 unspecified atom stereocenters. The predicted molar refractivity (Wildman–Crippen MR) is 115 cm³/mol. The predicted octanol–water partition coefficient (Wildman–Crippen LogP) is 4.59. The van der Waals surface area contributed by atoms with Gasteiger partial charge in [0, 0.05) is 17.7 Å². The minimum Gasteiger partial charge on any atom is -0.493 e. The molecular formula is C23H28N4O2. The zero-order chi connectivity index (χ0) is 21.0. The van der Waals surface area contributed by atoms with Gasteiger partial charge in [0.15, 0.2) is 5.82 Å². The standard InChI is InChI=1S/C23H28N4O2/c1-16-9-8-10-18(17(16)2)29-14-12-22(28)25-21-15-19(23(3,4)5)26-27(21)20-11-6-7-13-24-20/h6-11,13,15H,12,14H2,1-5H3,(H,25,28). The second kappa shape index (κ2) is 8.47. The third kappa shape index (κ3) is 5.02. The van der Waals surface area contributed by atoms with Crippen LogP contribution in [0.1, 0.15) is 44.0 Å². The van der Waals surface area contributed by atoms with E-state index < -0.39 is 0 Å². The molecule has 152 valence electrons. The van der Waals surface area contributed by atoms with E-state index in [4.69, 9.17) is 4.74 Å². The number of carbonyl (C=O) groups is 1. The first-order chi connectivity index (χ1) is 13.8. The minimum absolute atomic E-state index is 0.132. The molecule has 2 heterocycles. The van der Waals surface area contributed by atoms with Crippen LogP contribution in [0.25, 0.3) is 5.82 Å². The van der Waals surface area contributed by atoms with Crippen LogP contribution in [0.3, 0.4) is 0 Å². The van der Waals surface area contributed by atoms with E-state index in [9.17, 15) is 4.79 Å². The molecule has 6 heteroatoms. The van der Waals surface area contributed by atoms with Crippen molar-refractivity contribution in [3.05, 3.63) is 65.5 Å². The van der Waals surface area contributed by atoms with Gasteiger partial charge in [0.1, 0.15) is 11.6 Å². The second-order valence-corrected chi connectivity index (χ2v) is 8.11. The highest BCUT2D eigenvalue weighted by atomic mass is 16.5. The van der Waals surface area contributed by atoms with Gasteiger partial charge in [-0.05, 0) is 43.2 Å². The lowest BCUT2D eigenvalue weighted by Crippen LogP contribution is -2.18. The van der Waals surface area contributed by atoms with Crippen LogP contribution in [0.5, 0.6) is 5.75 Å². The Morgan fingerprint density at radius 1 is 1.14 bits per heavy atom. The van der Waals surface area contributed by atoms with Crippen LogP contribution in [0.4, 0.5) is 5.82 Å². The molecule has 0 saturated heterocycles. The van der Waals surface area contributed by atoms with Crippen molar-refractivity contribution in [2.45, 2.75) is 46.5 Å². The summed E-state index contributed by atoms with van der Waals surface area (Å²) in [6.07, 6.45) is 1.95. The van der Waals surface area contributed by atoms with E-state index in [0.29, 0.717) is 18.2 Å². The van der Waals surface area contributed by atoms with Crippen molar-refractivity contribution in [1.82, 2.24) is 14.8 Å². The lowest BCUT2D eigenvalue weighted by molar-refractivity contribution is -0.116. The van der Waals surface area contributed by atoms with Gasteiger partial charge in [0.05, 0.1) is 18.7 Å². The zero-order valence-electron chi connectivity index (χ0n) is 17.7. The highest BCUT2D eigenvalue weighted by Crippen LogP contribution is 2.26. The first-order valence-electron chi connectivity index (χ1n) is 9.76. The average Bonchev–Trinajstić information content (AvgIpc) is 3.10. The summed E-state index contributed by atoms with van der Waals surface area (Å²) in [4.78, 5) is 16.9. The Hall–Kier alpha value is -3.15. The van der Waals surface area contributed by atoms with E-state index in [1.54, 1.807) is 10.9 Å². The number of rotatable bonds is 6. The van der Waals surface area contributed by atoms with Gasteiger partial charge in [-0.2, -0.15) is 9.78 Å². The Bertz CT molecular complexity index is 988. The van der Waals surface area contributed by atoms with Crippen molar-refractivity contribution in [2.24, 2.45) is 0 Å². The summed E-state index contributed by atoms with van der Waals surface area (Å²) >= 11 is 0. The van der Waals surface area contributed by atoms with Crippen LogP contribution >= 0.6 is 0 Å². The number of aromatic nitrogens is 3. The number of amides is 1. The number of ether oxygens (including phenoxy) is 1. The number of carbonyl (C=O) groups excluding carboxylic acids is 1. The molecule has 29 heavy (non-hydrogen) atoms. The maximum absolute atomic E-state index is 12.5. The van der Waals surface area contributed by atoms with E-state index in [1.807, 2.05) is 56.3 Å². The van der Waals surface area contributed by atoms with Gasteiger partial charge in [-0.25, -0.2) is 4.98 Å². The van der Waals surface area contributed by atoms with Gasteiger partial charge >= 0.3 is 0 Å². The molecule has 0 aliphatic heterocycles. The van der Waals surface area contributed by atoms with Crippen LogP contribution in [-0.2, 0) is 10.2 Å². The minimum atomic E-state index is -0.148. The largest absolute Gasteiger partial charge is 0.493 e. The maximum atomic E-state index is 12.5. The van der Waals surface area contributed by atoms with Gasteiger partial charge in [0.2, 0.25) is 5.91 Å². The molecule has 0 bridgehead atoms. The molecular weight excluding hydrogens is 364 g/mol. The van der Waals surface area contributed by atoms with Gasteiger partial charge < -0.3 is 10.1 Å². The third-order valence-corrected chi connectivity index (χ3v) is 4.75. The van der Waals surface area contributed by atoms with Crippen LogP contribution in [0, 0.1) is 13.8 Å². The van der Waals surface area contributed by atoms with Gasteiger partial charge in [-0.3, -0.25) is 4.79 Å². The summed E-state index contributed by atoms with van der Waals surface area (Å²) < 4.78 is 7.48. The SMILES string of the molecule is Cc1cccc(OCCC(=O)Nc2cc(C(C)(C)C)nn2-c2ccccn2)c1C. The van der Waals surface area contributed by atoms with E-state index in [-0.39, 0.29) is 17.7 Å². The average molecular weight is 393 g/mol. The molecule has 0 saturated carbocycles. The molecule has 3 aromatic rings. The molecule has 0 aliphatic rings. The first kappa shape index (κ1) is 20.6. The number of hydrogen-bond acceptors (Lipinski definition) is 4. The van der Waals surface area contributed by atoms with E-state index in [0.717, 1.165) is 17.0 Å². The normalized spacial score (nSPS) is 11.3. The lowest BCUT2D eigenvalue weighted by Gasteiger charge is -2.13. The maximum Gasteiger partial charge on any atom is 0.228 e. The summed E-state index contributed by atoms with van der Waals surface area (Å²) in [5, 5.41) is 7.62. The van der Waals surface area contributed by atoms with E-state index >= 15 is 0 Å². The van der Waals surface area contributed by atoms with Crippen molar-refractivity contribution in [3.8, 4) is 11.6 Å². The number of anilines is 1. The quantitative estimate of drug-likeness (QED) is 0.666. The number of nitrogens with zero attached hydrogens (tertiary/aromatic N) is 3. The number of benzene rings is 1. The monoisotopic (exact) mass is 392 g/mol. The molecule has 0 atom stereocenters. The molecule has 6 nitrogen and oxygen atoms in total. The second-order valence-electron chi connectivity index (χ2n) is 8.11. The Balaban J connectivity index is 1.71. The van der Waals surface area contributed by atoms with Crippen LogP contribution in [0.2, 0.25) is 0 Å². The fourth-order valence-electron chi connectivity index (χ4n) is 2.83. The zero-order valence-corrected chi connectivity index (χ0v) is 17.7. The highest BCUT2D eigenvalue weighted by Gasteiger charge is 2.21. The molecule has 2 aromatic heterocycles. The van der Waals surface area contributed by atoms with Crippen molar-refractivity contribution >= 4 is 11.7 Å². The van der Waals surface area contributed by atoms with Crippen LogP contribution in [-0.4, -0.2) is 27.3 Å². The summed E-state index contributed by atoms with van der Waals surface area (Å²) in [7, 11) is 0. The Morgan fingerprint density at radius 3 is 2.62 bits per heavy atom. The molecule has 0 fully saturated rings. The van der Waals surface area contributed by atoms with Crippen LogP contribution < -0.4 is 10.1 Å². The van der Waals surface area contributed by atoms with Gasteiger partial charge in [0.25, 0.3) is 0 Å². The Labute approximate surface area is 171 Å². The summed E-state index contributed by atoms with van der Waals surface area (Å²) in [6, 6.07) is 13.4. The van der Waals surface area contributed by atoms with Crippen molar-refractivity contribution in [3.63, 3.8) is 0 Å². The van der Waals surface area contributed by atoms with E-state index in [2.05, 4.69) is 36.2 Å². The van der Waals surface area contributed by atoms with Crippen molar-refractivity contribution in [2.75, 3.05) is 11.9 Å². The highest BCUT2D eigenvalue weighted by molar-refractivity contribution is 5.90. The lowest BCUT2D eigenvalue weighted by atomic mass is 9.92. The summed E-state index contributed by atoms with van der Waals surface area (Å²) in [5.41, 5.74) is 2.99. The van der Waals surface area contributed by atoms with Crippen molar-refractivity contribution < 1.29 is 9.53 Å². The van der Waals surface area contributed by atoms with Gasteiger partial charge in [-0.15, -0.1) is 0 Å². The molecule has 1 aromatic carbocycles. The molecule has 0 aliphatic carbocycles. The third-order valence-electron chi connectivity index (χ3n) is 4.75. The molecule has 1 amide bonds. The fourth-order valence-corrected chi connectivity index (χ4v) is 2.83. The number of aryl methyl sites for hydroxylation is 1. The molecule has 0 spiro atoms.